The summed E-state index contributed by atoms with van der Waals surface area (Å²) in [7, 11) is 0. The molecule has 0 saturated carbocycles. The second kappa shape index (κ2) is 15.5. The molecule has 1 aromatic heterocycles. The van der Waals surface area contributed by atoms with Crippen molar-refractivity contribution < 1.29 is 23.8 Å². The van der Waals surface area contributed by atoms with Gasteiger partial charge in [-0.2, -0.15) is 0 Å². The number of carboxylic acids is 1. The number of carboxylic acid groups (broad SMARTS) is 1. The van der Waals surface area contributed by atoms with Crippen LogP contribution in [0.3, 0.4) is 0 Å². The molecular weight excluding hydrogens is 523 g/mol. The molecule has 1 amide bonds. The van der Waals surface area contributed by atoms with Crippen LogP contribution < -0.4 is 15.4 Å². The number of hydrogen-bond donors (Lipinski definition) is 3. The molecule has 1 atom stereocenters. The number of aliphatic carboxylic acids is 1. The average Bonchev–Trinajstić information content (AvgIpc) is 2.98. The summed E-state index contributed by atoms with van der Waals surface area (Å²) in [5.41, 5.74) is 2.36. The maximum absolute atomic E-state index is 13.9. The van der Waals surface area contributed by atoms with Crippen molar-refractivity contribution in [2.45, 2.75) is 38.1 Å². The lowest BCUT2D eigenvalue weighted by molar-refractivity contribution is -0.142. The summed E-state index contributed by atoms with van der Waals surface area (Å²) in [6, 6.07) is 18.6. The highest BCUT2D eigenvalue weighted by molar-refractivity contribution is 5.84. The number of carbonyl (C=O) groups is 2. The van der Waals surface area contributed by atoms with E-state index in [2.05, 4.69) is 39.8 Å². The Morgan fingerprint density at radius 3 is 2.63 bits per heavy atom. The molecule has 0 radical (unpaired) electrons. The number of pyridine rings is 1. The highest BCUT2D eigenvalue weighted by atomic mass is 19.1. The van der Waals surface area contributed by atoms with Gasteiger partial charge in [0.15, 0.2) is 0 Å². The highest BCUT2D eigenvalue weighted by Gasteiger charge is 2.22. The summed E-state index contributed by atoms with van der Waals surface area (Å²) < 4.78 is 19.8. The van der Waals surface area contributed by atoms with Gasteiger partial charge in [-0.1, -0.05) is 48.6 Å². The lowest BCUT2D eigenvalue weighted by Crippen LogP contribution is -2.44. The van der Waals surface area contributed by atoms with Gasteiger partial charge >= 0.3 is 5.97 Å². The smallest absolute Gasteiger partial charge is 0.326 e. The fraction of sp³-hybridized carbons (Fsp3) is 0.344. The van der Waals surface area contributed by atoms with E-state index in [1.54, 1.807) is 12.1 Å². The fourth-order valence-corrected chi connectivity index (χ4v) is 4.68. The number of rotatable bonds is 16. The Morgan fingerprint density at radius 1 is 1.02 bits per heavy atom. The summed E-state index contributed by atoms with van der Waals surface area (Å²) in [6.07, 6.45) is 6.82. The summed E-state index contributed by atoms with van der Waals surface area (Å²) in [4.78, 5) is 31.3. The van der Waals surface area contributed by atoms with Gasteiger partial charge in [-0.15, -0.1) is 0 Å². The van der Waals surface area contributed by atoms with Crippen LogP contribution >= 0.6 is 0 Å². The quantitative estimate of drug-likeness (QED) is 0.221. The Kier molecular flexibility index (Phi) is 11.3. The first-order valence-electron chi connectivity index (χ1n) is 14.0. The van der Waals surface area contributed by atoms with Crippen LogP contribution in [0.4, 0.5) is 10.2 Å². The predicted molar refractivity (Wildman–Crippen MR) is 157 cm³/mol. The van der Waals surface area contributed by atoms with Crippen LogP contribution in [0.25, 0.3) is 6.08 Å². The normalized spacial score (nSPS) is 12.8. The van der Waals surface area contributed by atoms with Crippen molar-refractivity contribution in [2.75, 3.05) is 38.1 Å². The fourth-order valence-electron chi connectivity index (χ4n) is 4.68. The van der Waals surface area contributed by atoms with Crippen molar-refractivity contribution in [1.82, 2.24) is 15.2 Å². The number of nitrogens with one attached hydrogen (secondary N) is 2. The van der Waals surface area contributed by atoms with E-state index in [-0.39, 0.29) is 18.4 Å². The number of carbonyl (C=O) groups excluding carboxylic acids is 1. The third kappa shape index (κ3) is 9.72. The minimum atomic E-state index is -1.12. The van der Waals surface area contributed by atoms with Crippen LogP contribution in [0.2, 0.25) is 0 Å². The molecule has 8 nitrogen and oxygen atoms in total. The summed E-state index contributed by atoms with van der Waals surface area (Å²) in [5.74, 6) is -0.434. The van der Waals surface area contributed by atoms with Crippen LogP contribution in [0.15, 0.2) is 72.8 Å². The zero-order valence-electron chi connectivity index (χ0n) is 23.1. The van der Waals surface area contributed by atoms with Gasteiger partial charge in [0, 0.05) is 30.9 Å². The molecule has 3 aromatic rings. The van der Waals surface area contributed by atoms with Gasteiger partial charge in [0.25, 0.3) is 0 Å². The zero-order chi connectivity index (χ0) is 28.9. The minimum absolute atomic E-state index is 0.215. The SMILES string of the molecule is O=C(Cc1ccccc1F)N[C@@H](CCN(CCCCc1ccc2c(n1)NCC=C2)CCOc1ccccc1)C(=O)O. The molecule has 2 heterocycles. The number of nitrogens with zero attached hydrogens (tertiary/aromatic N) is 2. The van der Waals surface area contributed by atoms with E-state index in [0.717, 1.165) is 55.2 Å². The van der Waals surface area contributed by atoms with Crippen molar-refractivity contribution in [3.8, 4) is 5.75 Å². The first kappa shape index (κ1) is 29.7. The molecule has 3 N–H and O–H groups in total. The number of fused-ring (bicyclic) bond motifs is 1. The van der Waals surface area contributed by atoms with E-state index < -0.39 is 23.7 Å². The van der Waals surface area contributed by atoms with E-state index in [9.17, 15) is 19.1 Å². The highest BCUT2D eigenvalue weighted by Crippen LogP contribution is 2.19. The van der Waals surface area contributed by atoms with Gasteiger partial charge in [0.05, 0.1) is 6.42 Å². The molecular formula is C32H37FN4O4. The number of halogens is 1. The molecule has 9 heteroatoms. The number of ether oxygens (including phenoxy) is 1. The van der Waals surface area contributed by atoms with E-state index in [0.29, 0.717) is 19.7 Å². The molecule has 0 bridgehead atoms. The van der Waals surface area contributed by atoms with Crippen LogP contribution in [0.5, 0.6) is 5.75 Å². The first-order chi connectivity index (χ1) is 20.0. The predicted octanol–water partition coefficient (Wildman–Crippen LogP) is 4.57. The summed E-state index contributed by atoms with van der Waals surface area (Å²) in [5, 5.41) is 15.6. The molecule has 0 unspecified atom stereocenters. The Balaban J connectivity index is 1.29. The number of hydrogen-bond acceptors (Lipinski definition) is 6. The molecule has 0 spiro atoms. The second-order valence-electron chi connectivity index (χ2n) is 10.00. The largest absolute Gasteiger partial charge is 0.492 e. The number of anilines is 1. The number of benzene rings is 2. The molecule has 41 heavy (non-hydrogen) atoms. The number of aromatic nitrogens is 1. The minimum Gasteiger partial charge on any atom is -0.492 e. The number of para-hydroxylation sites is 1. The zero-order valence-corrected chi connectivity index (χ0v) is 23.1. The molecule has 0 aliphatic carbocycles. The van der Waals surface area contributed by atoms with Gasteiger partial charge in [-0.25, -0.2) is 14.2 Å². The lowest BCUT2D eigenvalue weighted by atomic mass is 10.1. The molecule has 1 aliphatic heterocycles. The van der Waals surface area contributed by atoms with Gasteiger partial charge in [-0.3, -0.25) is 9.69 Å². The van der Waals surface area contributed by atoms with Crippen LogP contribution in [0, 0.1) is 5.82 Å². The molecule has 4 rings (SSSR count). The monoisotopic (exact) mass is 560 g/mol. The maximum atomic E-state index is 13.9. The Morgan fingerprint density at radius 2 is 1.83 bits per heavy atom. The van der Waals surface area contributed by atoms with Crippen molar-refractivity contribution in [3.63, 3.8) is 0 Å². The third-order valence-corrected chi connectivity index (χ3v) is 6.92. The lowest BCUT2D eigenvalue weighted by Gasteiger charge is -2.24. The van der Waals surface area contributed by atoms with Gasteiger partial charge in [0.1, 0.15) is 30.0 Å². The van der Waals surface area contributed by atoms with E-state index in [1.807, 2.05) is 30.3 Å². The molecule has 0 fully saturated rings. The van der Waals surface area contributed by atoms with Crippen molar-refractivity contribution in [3.05, 3.63) is 95.4 Å². The molecule has 1 aliphatic rings. The maximum Gasteiger partial charge on any atom is 0.326 e. The molecule has 216 valence electrons. The summed E-state index contributed by atoms with van der Waals surface area (Å²) >= 11 is 0. The third-order valence-electron chi connectivity index (χ3n) is 6.92. The second-order valence-corrected chi connectivity index (χ2v) is 10.00. The Bertz CT molecular complexity index is 1320. The van der Waals surface area contributed by atoms with Crippen LogP contribution in [-0.2, 0) is 22.4 Å². The topological polar surface area (TPSA) is 104 Å². The van der Waals surface area contributed by atoms with E-state index >= 15 is 0 Å². The van der Waals surface area contributed by atoms with Gasteiger partial charge in [-0.05, 0) is 68.1 Å². The van der Waals surface area contributed by atoms with E-state index in [4.69, 9.17) is 9.72 Å². The van der Waals surface area contributed by atoms with E-state index in [1.165, 1.54) is 12.1 Å². The Labute approximate surface area is 240 Å². The van der Waals surface area contributed by atoms with Crippen molar-refractivity contribution in [1.29, 1.82) is 0 Å². The van der Waals surface area contributed by atoms with Crippen molar-refractivity contribution >= 4 is 23.8 Å². The summed E-state index contributed by atoms with van der Waals surface area (Å²) in [6.45, 7) is 3.05. The molecule has 0 saturated heterocycles. The number of unbranched alkanes of at least 4 members (excludes halogenated alkanes) is 1. The Hall–Kier alpha value is -4.24. The number of aryl methyl sites for hydroxylation is 1. The van der Waals surface area contributed by atoms with Gasteiger partial charge in [0.2, 0.25) is 5.91 Å². The molecule has 2 aromatic carbocycles. The number of amides is 1. The van der Waals surface area contributed by atoms with Gasteiger partial charge < -0.3 is 20.5 Å². The average molecular weight is 561 g/mol. The van der Waals surface area contributed by atoms with Crippen LogP contribution in [-0.4, -0.2) is 65.7 Å². The first-order valence-corrected chi connectivity index (χ1v) is 14.0. The van der Waals surface area contributed by atoms with Crippen molar-refractivity contribution in [2.24, 2.45) is 0 Å². The van der Waals surface area contributed by atoms with Crippen LogP contribution in [0.1, 0.15) is 36.1 Å². The standard InChI is InChI=1S/C32H37FN4O4/c33-28-14-5-4-9-25(28)23-30(38)36-29(32(39)40)17-20-37(21-22-41-27-12-2-1-3-13-27)19-7-6-11-26-16-15-24-10-8-18-34-31(24)35-26/h1-5,8-10,12-16,29H,6-7,11,17-23H2,(H,34,35)(H,36,38)(H,39,40)/t29-/m0/s1.